The molecule has 11 heteroatoms. The Morgan fingerprint density at radius 1 is 1.31 bits per heavy atom. The zero-order valence-electron chi connectivity index (χ0n) is 15.7. The van der Waals surface area contributed by atoms with Crippen molar-refractivity contribution in [2.45, 2.75) is 38.0 Å². The molecule has 3 rings (SSSR count). The second kappa shape index (κ2) is 8.40. The molecule has 3 heterocycles. The van der Waals surface area contributed by atoms with Crippen LogP contribution in [0.5, 0.6) is 5.88 Å². The minimum absolute atomic E-state index is 0.0442. The minimum Gasteiger partial charge on any atom is -0.481 e. The number of methoxy groups -OCH3 is 1. The molecule has 1 saturated heterocycles. The summed E-state index contributed by atoms with van der Waals surface area (Å²) < 4.78 is 43.0. The molecule has 156 valence electrons. The zero-order valence-corrected chi connectivity index (χ0v) is 16.5. The normalized spacial score (nSPS) is 19.7. The third-order valence-corrected chi connectivity index (χ3v) is 5.09. The van der Waals surface area contributed by atoms with E-state index in [2.05, 4.69) is 20.3 Å². The number of nitrogens with zero attached hydrogens (tertiary/aromatic N) is 4. The molecule has 1 N–H and O–H groups in total. The van der Waals surface area contributed by atoms with Gasteiger partial charge in [0, 0.05) is 37.1 Å². The number of alkyl halides is 3. The van der Waals surface area contributed by atoms with Crippen LogP contribution in [0.1, 0.15) is 35.7 Å². The Morgan fingerprint density at radius 3 is 2.59 bits per heavy atom. The van der Waals surface area contributed by atoms with Gasteiger partial charge in [0.15, 0.2) is 0 Å². The van der Waals surface area contributed by atoms with E-state index in [1.165, 1.54) is 7.11 Å². The van der Waals surface area contributed by atoms with E-state index in [4.69, 9.17) is 16.3 Å². The number of halogens is 4. The highest BCUT2D eigenvalue weighted by atomic mass is 35.5. The van der Waals surface area contributed by atoms with Gasteiger partial charge in [0.1, 0.15) is 5.15 Å². The first-order valence-electron chi connectivity index (χ1n) is 8.88. The molecule has 1 fully saturated rings. The molecule has 2 atom stereocenters. The van der Waals surface area contributed by atoms with E-state index in [0.29, 0.717) is 25.3 Å². The predicted molar refractivity (Wildman–Crippen MR) is 100.0 cm³/mol. The van der Waals surface area contributed by atoms with E-state index in [-0.39, 0.29) is 34.7 Å². The van der Waals surface area contributed by atoms with Gasteiger partial charge in [-0.15, -0.1) is 0 Å². The van der Waals surface area contributed by atoms with Crippen LogP contribution >= 0.6 is 11.6 Å². The first-order valence-corrected chi connectivity index (χ1v) is 9.25. The Kier molecular flexibility index (Phi) is 6.11. The number of anilines is 1. The lowest BCUT2D eigenvalue weighted by Crippen LogP contribution is -2.52. The van der Waals surface area contributed by atoms with Gasteiger partial charge in [-0.25, -0.2) is 15.0 Å². The highest BCUT2D eigenvalue weighted by molar-refractivity contribution is 6.32. The summed E-state index contributed by atoms with van der Waals surface area (Å²) in [4.78, 5) is 26.1. The molecule has 29 heavy (non-hydrogen) atoms. The highest BCUT2D eigenvalue weighted by Gasteiger charge is 2.34. The number of pyridine rings is 1. The minimum atomic E-state index is -4.49. The third-order valence-electron chi connectivity index (χ3n) is 4.81. The van der Waals surface area contributed by atoms with Gasteiger partial charge < -0.3 is 15.0 Å². The standard InChI is InChI=1S/C18H19ClF3N5O2/c1-10-13(25-17-23-8-11(9-24-17)18(20,21)22)4-3-7-27(10)16(28)12-5-6-14(29-2)26-15(12)19/h5-6,8-10,13H,3-4,7H2,1-2H3,(H,23,24,25)/t10-,13+/m0/s1. The number of amides is 1. The summed E-state index contributed by atoms with van der Waals surface area (Å²) >= 11 is 6.12. The second-order valence-electron chi connectivity index (χ2n) is 6.62. The monoisotopic (exact) mass is 429 g/mol. The maximum atomic E-state index is 13.0. The number of piperidine rings is 1. The van der Waals surface area contributed by atoms with Gasteiger partial charge in [-0.3, -0.25) is 4.79 Å². The molecule has 1 amide bonds. The molecule has 0 aromatic carbocycles. The summed E-state index contributed by atoms with van der Waals surface area (Å²) in [6, 6.07) is 2.62. The molecule has 0 bridgehead atoms. The molecule has 0 radical (unpaired) electrons. The molecule has 2 aromatic heterocycles. The maximum absolute atomic E-state index is 13.0. The van der Waals surface area contributed by atoms with E-state index in [0.717, 1.165) is 12.4 Å². The quantitative estimate of drug-likeness (QED) is 0.747. The summed E-state index contributed by atoms with van der Waals surface area (Å²) in [5.41, 5.74) is -0.663. The van der Waals surface area contributed by atoms with Gasteiger partial charge in [-0.1, -0.05) is 11.6 Å². The molecule has 2 aromatic rings. The number of nitrogens with one attached hydrogen (secondary N) is 1. The van der Waals surface area contributed by atoms with Gasteiger partial charge in [-0.2, -0.15) is 13.2 Å². The third kappa shape index (κ3) is 4.69. The fourth-order valence-corrected chi connectivity index (χ4v) is 3.41. The largest absolute Gasteiger partial charge is 0.481 e. The van der Waals surface area contributed by atoms with E-state index >= 15 is 0 Å². The van der Waals surface area contributed by atoms with Gasteiger partial charge in [0.2, 0.25) is 11.8 Å². The Bertz CT molecular complexity index is 879. The van der Waals surface area contributed by atoms with Crippen LogP contribution in [0.2, 0.25) is 5.15 Å². The SMILES string of the molecule is COc1ccc(C(=O)N2CCC[C@@H](Nc3ncc(C(F)(F)F)cn3)[C@@H]2C)c(Cl)n1. The van der Waals surface area contributed by atoms with Crippen molar-refractivity contribution in [1.82, 2.24) is 19.9 Å². The Hall–Kier alpha value is -2.62. The van der Waals surface area contributed by atoms with Crippen LogP contribution < -0.4 is 10.1 Å². The van der Waals surface area contributed by atoms with Crippen molar-refractivity contribution in [3.8, 4) is 5.88 Å². The van der Waals surface area contributed by atoms with Gasteiger partial charge in [0.05, 0.1) is 18.2 Å². The number of ether oxygens (including phenoxy) is 1. The lowest BCUT2D eigenvalue weighted by molar-refractivity contribution is -0.138. The number of hydrogen-bond donors (Lipinski definition) is 1. The summed E-state index contributed by atoms with van der Waals surface area (Å²) in [5, 5.41) is 3.07. The maximum Gasteiger partial charge on any atom is 0.419 e. The molecule has 1 aliphatic rings. The fourth-order valence-electron chi connectivity index (χ4n) is 3.18. The summed E-state index contributed by atoms with van der Waals surface area (Å²) in [5.74, 6) is 0.100. The van der Waals surface area contributed by atoms with E-state index in [9.17, 15) is 18.0 Å². The summed E-state index contributed by atoms with van der Waals surface area (Å²) in [6.07, 6.45) is -1.62. The Balaban J connectivity index is 1.73. The fraction of sp³-hybridized carbons (Fsp3) is 0.444. The zero-order chi connectivity index (χ0) is 21.2. The Morgan fingerprint density at radius 2 is 2.00 bits per heavy atom. The molecular weight excluding hydrogens is 411 g/mol. The van der Waals surface area contributed by atoms with Crippen LogP contribution in [0.15, 0.2) is 24.5 Å². The average Bonchev–Trinajstić information content (AvgIpc) is 2.68. The molecule has 0 aliphatic carbocycles. The number of likely N-dealkylation sites (tertiary alicyclic amines) is 1. The lowest BCUT2D eigenvalue weighted by atomic mass is 9.96. The predicted octanol–water partition coefficient (Wildman–Crippen LogP) is 3.66. The highest BCUT2D eigenvalue weighted by Crippen LogP contribution is 2.29. The van der Waals surface area contributed by atoms with Crippen molar-refractivity contribution in [3.63, 3.8) is 0 Å². The molecule has 0 saturated carbocycles. The molecule has 0 unspecified atom stereocenters. The average molecular weight is 430 g/mol. The van der Waals surface area contributed by atoms with Gasteiger partial charge in [-0.05, 0) is 25.8 Å². The van der Waals surface area contributed by atoms with Crippen LogP contribution in [0.3, 0.4) is 0 Å². The van der Waals surface area contributed by atoms with Crippen LogP contribution in [0.25, 0.3) is 0 Å². The first-order chi connectivity index (χ1) is 13.7. The van der Waals surface area contributed by atoms with Crippen LogP contribution in [0, 0.1) is 0 Å². The number of rotatable bonds is 4. The van der Waals surface area contributed by atoms with Crippen molar-refractivity contribution in [1.29, 1.82) is 0 Å². The molecule has 1 aliphatic heterocycles. The second-order valence-corrected chi connectivity index (χ2v) is 6.98. The Labute approximate surface area is 170 Å². The van der Waals surface area contributed by atoms with Crippen molar-refractivity contribution in [2.75, 3.05) is 19.0 Å². The number of carbonyl (C=O) groups is 1. The van der Waals surface area contributed by atoms with Crippen molar-refractivity contribution >= 4 is 23.5 Å². The number of carbonyl (C=O) groups excluding carboxylic acids is 1. The van der Waals surface area contributed by atoms with E-state index in [1.54, 1.807) is 17.0 Å². The topological polar surface area (TPSA) is 80.2 Å². The van der Waals surface area contributed by atoms with Gasteiger partial charge in [0.25, 0.3) is 5.91 Å². The number of hydrogen-bond acceptors (Lipinski definition) is 6. The molecule has 7 nitrogen and oxygen atoms in total. The van der Waals surface area contributed by atoms with Gasteiger partial charge >= 0.3 is 6.18 Å². The smallest absolute Gasteiger partial charge is 0.419 e. The van der Waals surface area contributed by atoms with E-state index in [1.807, 2.05) is 6.92 Å². The summed E-state index contributed by atoms with van der Waals surface area (Å²) in [7, 11) is 1.45. The number of aromatic nitrogens is 3. The van der Waals surface area contributed by atoms with Crippen molar-refractivity contribution < 1.29 is 22.7 Å². The molecule has 0 spiro atoms. The van der Waals surface area contributed by atoms with Crippen LogP contribution in [0.4, 0.5) is 19.1 Å². The van der Waals surface area contributed by atoms with Crippen LogP contribution in [-0.4, -0.2) is 51.5 Å². The first kappa shape index (κ1) is 21.1. The van der Waals surface area contributed by atoms with Crippen molar-refractivity contribution in [2.24, 2.45) is 0 Å². The summed E-state index contributed by atoms with van der Waals surface area (Å²) in [6.45, 7) is 2.37. The van der Waals surface area contributed by atoms with Crippen molar-refractivity contribution in [3.05, 3.63) is 40.8 Å². The molecular formula is C18H19ClF3N5O2. The van der Waals surface area contributed by atoms with Crippen LogP contribution in [-0.2, 0) is 6.18 Å². The lowest BCUT2D eigenvalue weighted by Gasteiger charge is -2.39. The van der Waals surface area contributed by atoms with E-state index < -0.39 is 11.7 Å².